The highest BCUT2D eigenvalue weighted by molar-refractivity contribution is 5.77. The summed E-state index contributed by atoms with van der Waals surface area (Å²) in [6.45, 7) is 3.89. The molecule has 1 aromatic heterocycles. The fourth-order valence-corrected chi connectivity index (χ4v) is 1.18. The van der Waals surface area contributed by atoms with Gasteiger partial charge in [-0.2, -0.15) is 0 Å². The molecule has 0 fully saturated rings. The van der Waals surface area contributed by atoms with Gasteiger partial charge in [-0.3, -0.25) is 4.79 Å². The molecule has 1 aromatic rings. The molecule has 0 aliphatic rings. The number of furan rings is 1. The monoisotopic (exact) mass is 210 g/mol. The highest BCUT2D eigenvalue weighted by Crippen LogP contribution is 1.97. The zero-order chi connectivity index (χ0) is 10.9. The van der Waals surface area contributed by atoms with Gasteiger partial charge in [-0.15, -0.1) is 0 Å². The third kappa shape index (κ3) is 5.22. The van der Waals surface area contributed by atoms with Crippen LogP contribution in [0.5, 0.6) is 0 Å². The predicted octanol–water partition coefficient (Wildman–Crippen LogP) is 1.29. The molecule has 0 saturated heterocycles. The minimum absolute atomic E-state index is 0.0481. The quantitative estimate of drug-likeness (QED) is 0.667. The number of hydrogen-bond acceptors (Lipinski definition) is 3. The van der Waals surface area contributed by atoms with Crippen LogP contribution in [0.15, 0.2) is 23.0 Å². The van der Waals surface area contributed by atoms with Crippen LogP contribution in [0, 0.1) is 0 Å². The van der Waals surface area contributed by atoms with Crippen LogP contribution in [0.3, 0.4) is 0 Å². The minimum Gasteiger partial charge on any atom is -0.472 e. The lowest BCUT2D eigenvalue weighted by Gasteiger charge is -2.04. The molecule has 15 heavy (non-hydrogen) atoms. The second-order valence-corrected chi connectivity index (χ2v) is 3.44. The zero-order valence-corrected chi connectivity index (χ0v) is 9.08. The Morgan fingerprint density at radius 3 is 3.07 bits per heavy atom. The van der Waals surface area contributed by atoms with Crippen molar-refractivity contribution in [1.82, 2.24) is 10.6 Å². The molecule has 84 valence electrons. The summed E-state index contributed by atoms with van der Waals surface area (Å²) in [5.41, 5.74) is 1.05. The topological polar surface area (TPSA) is 54.3 Å². The Morgan fingerprint density at radius 2 is 2.40 bits per heavy atom. The van der Waals surface area contributed by atoms with Gasteiger partial charge in [0.15, 0.2) is 0 Å². The molecular weight excluding hydrogens is 192 g/mol. The zero-order valence-electron chi connectivity index (χ0n) is 9.08. The summed E-state index contributed by atoms with van der Waals surface area (Å²) in [6.07, 6.45) is 5.43. The van der Waals surface area contributed by atoms with Crippen molar-refractivity contribution in [3.63, 3.8) is 0 Å². The number of nitrogens with one attached hydrogen (secondary N) is 2. The number of hydrogen-bond donors (Lipinski definition) is 2. The Balaban J connectivity index is 2.02. The lowest BCUT2D eigenvalue weighted by Crippen LogP contribution is -2.34. The second kappa shape index (κ2) is 7.06. The van der Waals surface area contributed by atoms with Crippen molar-refractivity contribution >= 4 is 5.91 Å². The smallest absolute Gasteiger partial charge is 0.233 e. The summed E-state index contributed by atoms with van der Waals surface area (Å²) >= 11 is 0. The molecule has 1 rings (SSSR count). The highest BCUT2D eigenvalue weighted by atomic mass is 16.3. The maximum absolute atomic E-state index is 11.2. The highest BCUT2D eigenvalue weighted by Gasteiger charge is 1.99. The Kier molecular flexibility index (Phi) is 5.55. The summed E-state index contributed by atoms with van der Waals surface area (Å²) in [7, 11) is 0. The molecule has 4 heteroatoms. The maximum atomic E-state index is 11.2. The molecule has 0 aliphatic carbocycles. The molecule has 0 aliphatic heterocycles. The van der Waals surface area contributed by atoms with E-state index in [2.05, 4.69) is 17.6 Å². The molecule has 0 saturated carbocycles. The van der Waals surface area contributed by atoms with Crippen molar-refractivity contribution in [3.05, 3.63) is 24.2 Å². The van der Waals surface area contributed by atoms with Crippen molar-refractivity contribution in [3.8, 4) is 0 Å². The first kappa shape index (κ1) is 11.8. The SMILES string of the molecule is CCCCNC(=O)CNCc1ccoc1. The van der Waals surface area contributed by atoms with Crippen molar-refractivity contribution < 1.29 is 9.21 Å². The number of carbonyl (C=O) groups is 1. The Bertz CT molecular complexity index is 270. The van der Waals surface area contributed by atoms with E-state index in [0.717, 1.165) is 24.9 Å². The van der Waals surface area contributed by atoms with Gasteiger partial charge < -0.3 is 15.1 Å². The molecule has 1 heterocycles. The van der Waals surface area contributed by atoms with E-state index in [1.807, 2.05) is 6.07 Å². The molecule has 4 nitrogen and oxygen atoms in total. The summed E-state index contributed by atoms with van der Waals surface area (Å²) < 4.78 is 4.91. The van der Waals surface area contributed by atoms with Crippen LogP contribution >= 0.6 is 0 Å². The fraction of sp³-hybridized carbons (Fsp3) is 0.545. The van der Waals surface area contributed by atoms with Crippen molar-refractivity contribution in [2.24, 2.45) is 0 Å². The number of rotatable bonds is 7. The second-order valence-electron chi connectivity index (χ2n) is 3.44. The molecule has 0 atom stereocenters. The van der Waals surface area contributed by atoms with Crippen LogP contribution in [0.2, 0.25) is 0 Å². The van der Waals surface area contributed by atoms with Gasteiger partial charge in [-0.05, 0) is 12.5 Å². The van der Waals surface area contributed by atoms with Gasteiger partial charge in [0.1, 0.15) is 0 Å². The average Bonchev–Trinajstić information content (AvgIpc) is 2.71. The maximum Gasteiger partial charge on any atom is 0.233 e. The third-order valence-corrected chi connectivity index (χ3v) is 2.05. The van der Waals surface area contributed by atoms with Gasteiger partial charge in [0, 0.05) is 18.7 Å². The molecule has 1 amide bonds. The fourth-order valence-electron chi connectivity index (χ4n) is 1.18. The molecular formula is C11H18N2O2. The van der Waals surface area contributed by atoms with Crippen molar-refractivity contribution in [1.29, 1.82) is 0 Å². The largest absolute Gasteiger partial charge is 0.472 e. The van der Waals surface area contributed by atoms with Crippen LogP contribution in [0.1, 0.15) is 25.3 Å². The molecule has 0 bridgehead atoms. The van der Waals surface area contributed by atoms with E-state index in [9.17, 15) is 4.79 Å². The number of amides is 1. The molecule has 2 N–H and O–H groups in total. The van der Waals surface area contributed by atoms with Crippen LogP contribution in [0.25, 0.3) is 0 Å². The lowest BCUT2D eigenvalue weighted by molar-refractivity contribution is -0.120. The molecule has 0 radical (unpaired) electrons. The van der Waals surface area contributed by atoms with Crippen LogP contribution < -0.4 is 10.6 Å². The van der Waals surface area contributed by atoms with E-state index in [-0.39, 0.29) is 5.91 Å². The van der Waals surface area contributed by atoms with E-state index >= 15 is 0 Å². The van der Waals surface area contributed by atoms with E-state index in [4.69, 9.17) is 4.42 Å². The van der Waals surface area contributed by atoms with Gasteiger partial charge in [0.25, 0.3) is 0 Å². The van der Waals surface area contributed by atoms with Gasteiger partial charge in [0.05, 0.1) is 19.1 Å². The standard InChI is InChI=1S/C11H18N2O2/c1-2-3-5-13-11(14)8-12-7-10-4-6-15-9-10/h4,6,9,12H,2-3,5,7-8H2,1H3,(H,13,14). The summed E-state index contributed by atoms with van der Waals surface area (Å²) in [4.78, 5) is 11.2. The van der Waals surface area contributed by atoms with E-state index in [1.165, 1.54) is 0 Å². The average molecular weight is 210 g/mol. The first-order valence-corrected chi connectivity index (χ1v) is 5.31. The van der Waals surface area contributed by atoms with E-state index in [1.54, 1.807) is 12.5 Å². The van der Waals surface area contributed by atoms with Gasteiger partial charge in [0.2, 0.25) is 5.91 Å². The van der Waals surface area contributed by atoms with Gasteiger partial charge >= 0.3 is 0 Å². The molecule has 0 unspecified atom stereocenters. The van der Waals surface area contributed by atoms with E-state index < -0.39 is 0 Å². The van der Waals surface area contributed by atoms with Crippen LogP contribution in [0.4, 0.5) is 0 Å². The lowest BCUT2D eigenvalue weighted by atomic mass is 10.3. The minimum atomic E-state index is 0.0481. The van der Waals surface area contributed by atoms with Gasteiger partial charge in [-0.1, -0.05) is 13.3 Å². The van der Waals surface area contributed by atoms with Crippen LogP contribution in [-0.2, 0) is 11.3 Å². The van der Waals surface area contributed by atoms with Crippen LogP contribution in [-0.4, -0.2) is 19.0 Å². The Morgan fingerprint density at radius 1 is 1.53 bits per heavy atom. The number of unbranched alkanes of at least 4 members (excludes halogenated alkanes) is 1. The molecule has 0 aromatic carbocycles. The number of carbonyl (C=O) groups excluding carboxylic acids is 1. The summed E-state index contributed by atoms with van der Waals surface area (Å²) in [5.74, 6) is 0.0481. The normalized spacial score (nSPS) is 10.2. The van der Waals surface area contributed by atoms with Crippen molar-refractivity contribution in [2.75, 3.05) is 13.1 Å². The van der Waals surface area contributed by atoms with E-state index in [0.29, 0.717) is 13.1 Å². The Hall–Kier alpha value is -1.29. The summed E-state index contributed by atoms with van der Waals surface area (Å²) in [5, 5.41) is 5.88. The van der Waals surface area contributed by atoms with Gasteiger partial charge in [-0.25, -0.2) is 0 Å². The summed E-state index contributed by atoms with van der Waals surface area (Å²) in [6, 6.07) is 1.88. The predicted molar refractivity (Wildman–Crippen MR) is 58.3 cm³/mol. The first-order valence-electron chi connectivity index (χ1n) is 5.31. The molecule has 0 spiro atoms. The first-order chi connectivity index (χ1) is 7.33. The Labute approximate surface area is 90.0 Å². The van der Waals surface area contributed by atoms with Crippen molar-refractivity contribution in [2.45, 2.75) is 26.3 Å². The third-order valence-electron chi connectivity index (χ3n) is 2.05.